The van der Waals surface area contributed by atoms with Gasteiger partial charge in [0, 0.05) is 6.61 Å². The molecule has 3 aliphatic rings. The molecule has 1 aromatic rings. The average Bonchev–Trinajstić information content (AvgIpc) is 2.65. The summed E-state index contributed by atoms with van der Waals surface area (Å²) in [6, 6.07) is 2.02. The predicted octanol–water partition coefficient (Wildman–Crippen LogP) is 6.18. The lowest BCUT2D eigenvalue weighted by atomic mass is 9.65. The van der Waals surface area contributed by atoms with Crippen molar-refractivity contribution in [1.29, 1.82) is 0 Å². The summed E-state index contributed by atoms with van der Waals surface area (Å²) in [5.74, 6) is 0.916. The molecule has 144 valence electrons. The largest absolute Gasteiger partial charge is 0.378 e. The van der Waals surface area contributed by atoms with Gasteiger partial charge in [-0.3, -0.25) is 0 Å². The molecule has 0 bridgehead atoms. The zero-order valence-electron chi connectivity index (χ0n) is 16.2. The van der Waals surface area contributed by atoms with E-state index in [4.69, 9.17) is 4.74 Å². The fraction of sp³-hybridized carbons (Fsp3) is 0.739. The Hall–Kier alpha value is -0.960. The zero-order valence-corrected chi connectivity index (χ0v) is 16.2. The van der Waals surface area contributed by atoms with E-state index in [-0.39, 0.29) is 5.92 Å². The van der Waals surface area contributed by atoms with E-state index < -0.39 is 11.6 Å². The molecule has 3 heteroatoms. The van der Waals surface area contributed by atoms with Crippen LogP contribution in [0, 0.1) is 29.4 Å². The summed E-state index contributed by atoms with van der Waals surface area (Å²) in [6.45, 7) is 4.99. The third-order valence-electron chi connectivity index (χ3n) is 7.29. The Kier molecular flexibility index (Phi) is 5.36. The Morgan fingerprint density at radius 3 is 2.58 bits per heavy atom. The van der Waals surface area contributed by atoms with E-state index in [1.165, 1.54) is 6.42 Å². The molecule has 0 aromatic heterocycles. The summed E-state index contributed by atoms with van der Waals surface area (Å²) in [4.78, 5) is 0. The minimum absolute atomic E-state index is 0.194. The van der Waals surface area contributed by atoms with Crippen LogP contribution in [0.2, 0.25) is 0 Å². The fourth-order valence-corrected chi connectivity index (χ4v) is 5.85. The van der Waals surface area contributed by atoms with E-state index in [9.17, 15) is 8.78 Å². The van der Waals surface area contributed by atoms with Crippen molar-refractivity contribution in [2.75, 3.05) is 6.61 Å². The minimum Gasteiger partial charge on any atom is -0.378 e. The SMILES string of the molecule is CCOC1CCC2CC(c3cc4c(c(F)c3F)CC(C)CC4)CCC2C1. The highest BCUT2D eigenvalue weighted by Gasteiger charge is 2.37. The van der Waals surface area contributed by atoms with Crippen LogP contribution in [0.5, 0.6) is 0 Å². The first-order chi connectivity index (χ1) is 12.6. The second kappa shape index (κ2) is 7.58. The summed E-state index contributed by atoms with van der Waals surface area (Å²) < 4.78 is 35.5. The topological polar surface area (TPSA) is 9.23 Å². The van der Waals surface area contributed by atoms with Crippen molar-refractivity contribution in [3.05, 3.63) is 34.4 Å². The number of rotatable bonds is 3. The van der Waals surface area contributed by atoms with Crippen molar-refractivity contribution in [3.63, 3.8) is 0 Å². The molecule has 2 saturated carbocycles. The molecule has 0 N–H and O–H groups in total. The van der Waals surface area contributed by atoms with Gasteiger partial charge in [-0.1, -0.05) is 13.0 Å². The molecule has 0 amide bonds. The van der Waals surface area contributed by atoms with Crippen LogP contribution in [0.1, 0.15) is 81.4 Å². The average molecular weight is 363 g/mol. The molecule has 1 aromatic carbocycles. The Labute approximate surface area is 156 Å². The maximum Gasteiger partial charge on any atom is 0.162 e. The van der Waals surface area contributed by atoms with Crippen LogP contribution in [0.3, 0.4) is 0 Å². The fourth-order valence-electron chi connectivity index (χ4n) is 5.85. The Morgan fingerprint density at radius 2 is 1.77 bits per heavy atom. The van der Waals surface area contributed by atoms with E-state index >= 15 is 0 Å². The monoisotopic (exact) mass is 362 g/mol. The first-order valence-electron chi connectivity index (χ1n) is 10.7. The van der Waals surface area contributed by atoms with Gasteiger partial charge in [0.25, 0.3) is 0 Å². The van der Waals surface area contributed by atoms with Gasteiger partial charge in [0.2, 0.25) is 0 Å². The van der Waals surface area contributed by atoms with E-state index in [0.717, 1.165) is 57.1 Å². The molecule has 0 spiro atoms. The van der Waals surface area contributed by atoms with Crippen LogP contribution in [0.25, 0.3) is 0 Å². The van der Waals surface area contributed by atoms with Crippen LogP contribution in [-0.4, -0.2) is 12.7 Å². The Morgan fingerprint density at radius 1 is 1.00 bits per heavy atom. The maximum absolute atomic E-state index is 14.9. The summed E-state index contributed by atoms with van der Waals surface area (Å²) in [7, 11) is 0. The number of benzene rings is 1. The highest BCUT2D eigenvalue weighted by Crippen LogP contribution is 2.48. The standard InChI is InChI=1S/C23H32F2O/c1-3-26-19-9-8-15-11-17(7-6-16(15)12-19)21-13-18-5-4-14(2)10-20(18)22(24)23(21)25/h13-17,19H,3-12H2,1-2H3. The molecular weight excluding hydrogens is 330 g/mol. The maximum atomic E-state index is 14.9. The molecule has 5 unspecified atom stereocenters. The van der Waals surface area contributed by atoms with Crippen molar-refractivity contribution in [2.24, 2.45) is 17.8 Å². The molecular formula is C23H32F2O. The van der Waals surface area contributed by atoms with Crippen LogP contribution in [0.15, 0.2) is 6.07 Å². The lowest BCUT2D eigenvalue weighted by Crippen LogP contribution is -2.34. The first-order valence-corrected chi connectivity index (χ1v) is 10.7. The van der Waals surface area contributed by atoms with Crippen LogP contribution < -0.4 is 0 Å². The number of ether oxygens (including phenoxy) is 1. The van der Waals surface area contributed by atoms with Crippen molar-refractivity contribution in [1.82, 2.24) is 0 Å². The predicted molar refractivity (Wildman–Crippen MR) is 100 cm³/mol. The van der Waals surface area contributed by atoms with Crippen molar-refractivity contribution in [3.8, 4) is 0 Å². The second-order valence-electron chi connectivity index (χ2n) is 9.00. The van der Waals surface area contributed by atoms with Gasteiger partial charge in [-0.15, -0.1) is 0 Å². The van der Waals surface area contributed by atoms with Crippen molar-refractivity contribution < 1.29 is 13.5 Å². The summed E-state index contributed by atoms with van der Waals surface area (Å²) >= 11 is 0. The van der Waals surface area contributed by atoms with Gasteiger partial charge < -0.3 is 4.74 Å². The van der Waals surface area contributed by atoms with Gasteiger partial charge in [-0.25, -0.2) is 8.78 Å². The van der Waals surface area contributed by atoms with Crippen LogP contribution in [-0.2, 0) is 17.6 Å². The lowest BCUT2D eigenvalue weighted by molar-refractivity contribution is -0.00971. The molecule has 5 atom stereocenters. The molecule has 0 heterocycles. The van der Waals surface area contributed by atoms with Gasteiger partial charge in [-0.2, -0.15) is 0 Å². The Balaban J connectivity index is 1.52. The summed E-state index contributed by atoms with van der Waals surface area (Å²) in [5, 5.41) is 0. The summed E-state index contributed by atoms with van der Waals surface area (Å²) in [6.07, 6.45) is 9.70. The van der Waals surface area contributed by atoms with Gasteiger partial charge in [-0.05, 0) is 105 Å². The number of hydrogen-bond acceptors (Lipinski definition) is 1. The van der Waals surface area contributed by atoms with Gasteiger partial charge in [0.15, 0.2) is 11.6 Å². The van der Waals surface area contributed by atoms with Gasteiger partial charge in [0.05, 0.1) is 6.10 Å². The molecule has 2 fully saturated rings. The van der Waals surface area contributed by atoms with Crippen LogP contribution in [0.4, 0.5) is 8.78 Å². The van der Waals surface area contributed by atoms with Crippen molar-refractivity contribution >= 4 is 0 Å². The van der Waals surface area contributed by atoms with Gasteiger partial charge >= 0.3 is 0 Å². The number of fused-ring (bicyclic) bond motifs is 2. The molecule has 26 heavy (non-hydrogen) atoms. The minimum atomic E-state index is -0.552. The van der Waals surface area contributed by atoms with E-state index in [1.807, 2.05) is 6.07 Å². The van der Waals surface area contributed by atoms with Crippen molar-refractivity contribution in [2.45, 2.75) is 83.7 Å². The molecule has 0 saturated heterocycles. The number of halogens is 2. The first kappa shape index (κ1) is 18.4. The molecule has 0 aliphatic heterocycles. The molecule has 4 rings (SSSR count). The quantitative estimate of drug-likeness (QED) is 0.624. The smallest absolute Gasteiger partial charge is 0.162 e. The normalized spacial score (nSPS) is 34.2. The highest BCUT2D eigenvalue weighted by molar-refractivity contribution is 5.38. The third-order valence-corrected chi connectivity index (χ3v) is 7.29. The van der Waals surface area contributed by atoms with E-state index in [1.54, 1.807) is 0 Å². The van der Waals surface area contributed by atoms with Crippen LogP contribution >= 0.6 is 0 Å². The number of aryl methyl sites for hydroxylation is 1. The summed E-state index contributed by atoms with van der Waals surface area (Å²) in [5.41, 5.74) is 2.39. The van der Waals surface area contributed by atoms with Gasteiger partial charge in [0.1, 0.15) is 0 Å². The highest BCUT2D eigenvalue weighted by atomic mass is 19.2. The number of hydrogen-bond donors (Lipinski definition) is 0. The third kappa shape index (κ3) is 3.44. The lowest BCUT2D eigenvalue weighted by Gasteiger charge is -2.42. The zero-order chi connectivity index (χ0) is 18.3. The second-order valence-corrected chi connectivity index (χ2v) is 9.00. The van der Waals surface area contributed by atoms with E-state index in [2.05, 4.69) is 13.8 Å². The molecule has 1 nitrogen and oxygen atoms in total. The Bertz CT molecular complexity index is 656. The molecule has 3 aliphatic carbocycles. The van der Waals surface area contributed by atoms with E-state index in [0.29, 0.717) is 41.4 Å². The molecule has 0 radical (unpaired) electrons.